The second-order valence-electron chi connectivity index (χ2n) is 8.44. The van der Waals surface area contributed by atoms with Crippen molar-refractivity contribution in [2.45, 2.75) is 24.2 Å². The van der Waals surface area contributed by atoms with E-state index in [1.165, 1.54) is 18.2 Å². The summed E-state index contributed by atoms with van der Waals surface area (Å²) in [5.41, 5.74) is 7.75. The third-order valence-corrected chi connectivity index (χ3v) is 8.72. The maximum absolute atomic E-state index is 13.6. The Morgan fingerprint density at radius 3 is 2.37 bits per heavy atom. The van der Waals surface area contributed by atoms with Crippen molar-refractivity contribution in [3.63, 3.8) is 0 Å². The van der Waals surface area contributed by atoms with Gasteiger partial charge in [0.2, 0.25) is 10.0 Å². The molecule has 4 N–H and O–H groups in total. The summed E-state index contributed by atoms with van der Waals surface area (Å²) in [6.45, 7) is 0.283. The van der Waals surface area contributed by atoms with Crippen LogP contribution in [-0.4, -0.2) is 48.8 Å². The molecule has 1 aliphatic heterocycles. The van der Waals surface area contributed by atoms with Gasteiger partial charge in [0.05, 0.1) is 14.9 Å². The Hall–Kier alpha value is -2.86. The molecule has 1 fully saturated rings. The topological polar surface area (TPSA) is 125 Å². The number of rotatable bonds is 7. The highest BCUT2D eigenvalue weighted by Gasteiger charge is 2.46. The SMILES string of the molecule is NCc1cccc(CNC(=O)C2N(C(=O)Nc3cccc(Cl)c3)CCN2S(=O)(=O)c2ccc(Cl)c(Cl)c2)c1. The summed E-state index contributed by atoms with van der Waals surface area (Å²) >= 11 is 18.0. The van der Waals surface area contributed by atoms with Gasteiger partial charge in [0.15, 0.2) is 6.17 Å². The van der Waals surface area contributed by atoms with Gasteiger partial charge in [-0.25, -0.2) is 13.2 Å². The molecule has 0 aromatic heterocycles. The summed E-state index contributed by atoms with van der Waals surface area (Å²) in [4.78, 5) is 27.7. The number of hydrogen-bond donors (Lipinski definition) is 3. The Balaban J connectivity index is 1.63. The van der Waals surface area contributed by atoms with E-state index in [1.807, 2.05) is 24.3 Å². The van der Waals surface area contributed by atoms with Gasteiger partial charge in [-0.15, -0.1) is 0 Å². The number of urea groups is 1. The first kappa shape index (κ1) is 28.2. The van der Waals surface area contributed by atoms with Crippen molar-refractivity contribution in [1.29, 1.82) is 0 Å². The molecule has 13 heteroatoms. The highest BCUT2D eigenvalue weighted by atomic mass is 35.5. The van der Waals surface area contributed by atoms with Crippen molar-refractivity contribution in [2.24, 2.45) is 5.73 Å². The molecule has 1 unspecified atom stereocenters. The van der Waals surface area contributed by atoms with Gasteiger partial charge in [0, 0.05) is 36.9 Å². The summed E-state index contributed by atoms with van der Waals surface area (Å²) in [6, 6.07) is 17.0. The first-order valence-electron chi connectivity index (χ1n) is 11.5. The van der Waals surface area contributed by atoms with E-state index in [-0.39, 0.29) is 34.6 Å². The van der Waals surface area contributed by atoms with Gasteiger partial charge in [-0.1, -0.05) is 65.1 Å². The molecule has 0 spiro atoms. The predicted octanol–water partition coefficient (Wildman–Crippen LogP) is 4.29. The molecule has 3 amide bonds. The molecular formula is C25H24Cl3N5O4S. The minimum atomic E-state index is -4.24. The summed E-state index contributed by atoms with van der Waals surface area (Å²) in [7, 11) is -4.24. The van der Waals surface area contributed by atoms with Crippen molar-refractivity contribution in [3.05, 3.63) is 92.9 Å². The molecule has 1 heterocycles. The van der Waals surface area contributed by atoms with Crippen LogP contribution < -0.4 is 16.4 Å². The Morgan fingerprint density at radius 2 is 1.66 bits per heavy atom. The number of halogens is 3. The molecule has 38 heavy (non-hydrogen) atoms. The maximum Gasteiger partial charge on any atom is 0.323 e. The third kappa shape index (κ3) is 6.23. The van der Waals surface area contributed by atoms with E-state index in [9.17, 15) is 18.0 Å². The number of amides is 3. The lowest BCUT2D eigenvalue weighted by Gasteiger charge is -2.29. The smallest absolute Gasteiger partial charge is 0.323 e. The van der Waals surface area contributed by atoms with Gasteiger partial charge in [-0.05, 0) is 47.5 Å². The zero-order chi connectivity index (χ0) is 27.4. The van der Waals surface area contributed by atoms with Crippen LogP contribution in [0.3, 0.4) is 0 Å². The predicted molar refractivity (Wildman–Crippen MR) is 147 cm³/mol. The molecule has 0 aliphatic carbocycles. The normalized spacial score (nSPS) is 15.9. The summed E-state index contributed by atoms with van der Waals surface area (Å²) in [5, 5.41) is 6.06. The maximum atomic E-state index is 13.6. The fraction of sp³-hybridized carbons (Fsp3) is 0.200. The molecule has 1 saturated heterocycles. The van der Waals surface area contributed by atoms with Crippen molar-refractivity contribution >= 4 is 62.5 Å². The highest BCUT2D eigenvalue weighted by molar-refractivity contribution is 7.89. The molecule has 200 valence electrons. The second-order valence-corrected chi connectivity index (χ2v) is 11.6. The number of nitrogens with zero attached hydrogens (tertiary/aromatic N) is 2. The van der Waals surface area contributed by atoms with Crippen LogP contribution in [0.15, 0.2) is 71.6 Å². The van der Waals surface area contributed by atoms with E-state index >= 15 is 0 Å². The molecule has 9 nitrogen and oxygen atoms in total. The number of hydrogen-bond acceptors (Lipinski definition) is 5. The van der Waals surface area contributed by atoms with Gasteiger partial charge >= 0.3 is 6.03 Å². The van der Waals surface area contributed by atoms with E-state index in [4.69, 9.17) is 40.5 Å². The fourth-order valence-electron chi connectivity index (χ4n) is 4.02. The van der Waals surface area contributed by atoms with E-state index in [0.717, 1.165) is 20.3 Å². The van der Waals surface area contributed by atoms with Gasteiger partial charge in [0.1, 0.15) is 0 Å². The molecule has 0 radical (unpaired) electrons. The van der Waals surface area contributed by atoms with Crippen molar-refractivity contribution in [3.8, 4) is 0 Å². The summed E-state index contributed by atoms with van der Waals surface area (Å²) in [5.74, 6) is -0.675. The van der Waals surface area contributed by atoms with Gasteiger partial charge in [0.25, 0.3) is 5.91 Å². The van der Waals surface area contributed by atoms with Crippen LogP contribution in [0.25, 0.3) is 0 Å². The molecular weight excluding hydrogens is 573 g/mol. The van der Waals surface area contributed by atoms with Crippen LogP contribution >= 0.6 is 34.8 Å². The Bertz CT molecular complexity index is 1470. The number of nitrogens with one attached hydrogen (secondary N) is 2. The van der Waals surface area contributed by atoms with E-state index < -0.39 is 28.1 Å². The highest BCUT2D eigenvalue weighted by Crippen LogP contribution is 2.30. The number of carbonyl (C=O) groups is 2. The Labute approximate surface area is 235 Å². The minimum absolute atomic E-state index is 0.0340. The van der Waals surface area contributed by atoms with Crippen LogP contribution in [0.4, 0.5) is 10.5 Å². The lowest BCUT2D eigenvalue weighted by molar-refractivity contribution is -0.127. The number of nitrogens with two attached hydrogens (primary N) is 1. The number of anilines is 1. The zero-order valence-electron chi connectivity index (χ0n) is 19.9. The van der Waals surface area contributed by atoms with Crippen molar-refractivity contribution in [2.75, 3.05) is 18.4 Å². The summed E-state index contributed by atoms with van der Waals surface area (Å²) in [6.07, 6.45) is -1.47. The monoisotopic (exact) mass is 595 g/mol. The molecule has 3 aromatic rings. The Kier molecular flexibility index (Phi) is 8.81. The average molecular weight is 597 g/mol. The molecule has 4 rings (SSSR count). The molecule has 3 aromatic carbocycles. The summed E-state index contributed by atoms with van der Waals surface area (Å²) < 4.78 is 28.2. The molecule has 0 saturated carbocycles. The van der Waals surface area contributed by atoms with Crippen LogP contribution in [0, 0.1) is 0 Å². The molecule has 1 aliphatic rings. The average Bonchev–Trinajstić information content (AvgIpc) is 3.35. The first-order chi connectivity index (χ1) is 18.1. The second kappa shape index (κ2) is 11.9. The van der Waals surface area contributed by atoms with Crippen molar-refractivity contribution in [1.82, 2.24) is 14.5 Å². The van der Waals surface area contributed by atoms with Crippen LogP contribution in [0.2, 0.25) is 15.1 Å². The van der Waals surface area contributed by atoms with Gasteiger partial charge in [-0.2, -0.15) is 4.31 Å². The van der Waals surface area contributed by atoms with Gasteiger partial charge < -0.3 is 16.4 Å². The van der Waals surface area contributed by atoms with E-state index in [2.05, 4.69) is 10.6 Å². The number of benzene rings is 3. The standard InChI is InChI=1S/C25H24Cl3N5O4S/c26-18-5-2-6-19(12-18)31-25(35)32-9-10-33(38(36,37)20-7-8-21(27)22(28)13-20)24(32)23(34)30-15-17-4-1-3-16(11-17)14-29/h1-8,11-13,24H,9-10,14-15,29H2,(H,30,34)(H,31,35). The van der Waals surface area contributed by atoms with Crippen LogP contribution in [0.5, 0.6) is 0 Å². The zero-order valence-corrected chi connectivity index (χ0v) is 23.0. The number of carbonyl (C=O) groups excluding carboxylic acids is 2. The quantitative estimate of drug-likeness (QED) is 0.375. The van der Waals surface area contributed by atoms with E-state index in [1.54, 1.807) is 24.3 Å². The van der Waals surface area contributed by atoms with Crippen LogP contribution in [-0.2, 0) is 27.9 Å². The van der Waals surface area contributed by atoms with Crippen molar-refractivity contribution < 1.29 is 18.0 Å². The fourth-order valence-corrected chi connectivity index (χ4v) is 6.15. The molecule has 0 bridgehead atoms. The lowest BCUT2D eigenvalue weighted by atomic mass is 10.1. The first-order valence-corrected chi connectivity index (χ1v) is 14.0. The number of sulfonamides is 1. The largest absolute Gasteiger partial charge is 0.349 e. The lowest BCUT2D eigenvalue weighted by Crippen LogP contribution is -2.54. The van der Waals surface area contributed by atoms with Crippen LogP contribution in [0.1, 0.15) is 11.1 Å². The molecule has 1 atom stereocenters. The van der Waals surface area contributed by atoms with Gasteiger partial charge in [-0.3, -0.25) is 9.69 Å². The third-order valence-electron chi connectivity index (χ3n) is 5.89. The Morgan fingerprint density at radius 1 is 0.921 bits per heavy atom. The van der Waals surface area contributed by atoms with E-state index in [0.29, 0.717) is 17.3 Å². The minimum Gasteiger partial charge on any atom is -0.349 e.